The summed E-state index contributed by atoms with van der Waals surface area (Å²) in [4.78, 5) is 12.3. The molecule has 1 aliphatic rings. The van der Waals surface area contributed by atoms with Gasteiger partial charge in [-0.2, -0.15) is 18.3 Å². The number of carbonyl (C=O) groups is 1. The minimum Gasteiger partial charge on any atom is -0.307 e. The summed E-state index contributed by atoms with van der Waals surface area (Å²) >= 11 is 0. The van der Waals surface area contributed by atoms with Crippen LogP contribution in [0, 0.1) is 0 Å². The van der Waals surface area contributed by atoms with E-state index in [1.807, 2.05) is 0 Å². The Labute approximate surface area is 137 Å². The first-order chi connectivity index (χ1) is 11.4. The minimum absolute atomic E-state index is 0.180. The summed E-state index contributed by atoms with van der Waals surface area (Å²) in [6.07, 6.45) is 2.74. The van der Waals surface area contributed by atoms with Crippen molar-refractivity contribution in [1.29, 1.82) is 0 Å². The molecule has 128 valence electrons. The van der Waals surface area contributed by atoms with E-state index >= 15 is 0 Å². The van der Waals surface area contributed by atoms with Gasteiger partial charge in [0.1, 0.15) is 5.82 Å². The predicted molar refractivity (Wildman–Crippen MR) is 83.7 cm³/mol. The van der Waals surface area contributed by atoms with Crippen molar-refractivity contribution in [3.63, 3.8) is 0 Å². The van der Waals surface area contributed by atoms with E-state index in [2.05, 4.69) is 10.4 Å². The van der Waals surface area contributed by atoms with Gasteiger partial charge < -0.3 is 5.32 Å². The van der Waals surface area contributed by atoms with Gasteiger partial charge in [-0.15, -0.1) is 0 Å². The number of carbonyl (C=O) groups excluding carboxylic acids is 1. The van der Waals surface area contributed by atoms with E-state index in [0.29, 0.717) is 5.82 Å². The molecule has 0 saturated heterocycles. The van der Waals surface area contributed by atoms with Gasteiger partial charge in [-0.1, -0.05) is 19.3 Å². The van der Waals surface area contributed by atoms with E-state index in [0.717, 1.165) is 37.8 Å². The molecule has 1 amide bonds. The monoisotopic (exact) mass is 337 g/mol. The van der Waals surface area contributed by atoms with E-state index in [-0.39, 0.29) is 11.6 Å². The number of halogens is 3. The fourth-order valence-corrected chi connectivity index (χ4v) is 3.03. The molecule has 0 radical (unpaired) electrons. The normalized spacial score (nSPS) is 16.1. The van der Waals surface area contributed by atoms with Gasteiger partial charge in [0.25, 0.3) is 5.91 Å². The molecule has 0 unspecified atom stereocenters. The maximum absolute atomic E-state index is 12.6. The van der Waals surface area contributed by atoms with E-state index in [9.17, 15) is 18.0 Å². The number of amides is 1. The van der Waals surface area contributed by atoms with E-state index in [1.54, 1.807) is 16.9 Å². The third-order valence-electron chi connectivity index (χ3n) is 4.31. The molecular formula is C17H18F3N3O. The topological polar surface area (TPSA) is 46.9 Å². The standard InChI is InChI=1S/C17H18F3N3O/c18-17(19,20)13-8-6-12(7-9-13)16(24)22-15-10-11-21-23(15)14-4-2-1-3-5-14/h6-11,14H,1-5H2,(H,22,24). The van der Waals surface area contributed by atoms with Crippen molar-refractivity contribution in [3.8, 4) is 0 Å². The molecular weight excluding hydrogens is 319 g/mol. The van der Waals surface area contributed by atoms with Crippen molar-refractivity contribution in [1.82, 2.24) is 9.78 Å². The molecule has 1 N–H and O–H groups in total. The van der Waals surface area contributed by atoms with Crippen LogP contribution in [0.2, 0.25) is 0 Å². The smallest absolute Gasteiger partial charge is 0.307 e. The van der Waals surface area contributed by atoms with Gasteiger partial charge in [-0.05, 0) is 37.1 Å². The highest BCUT2D eigenvalue weighted by Crippen LogP contribution is 2.31. The Kier molecular flexibility index (Phi) is 4.59. The first kappa shape index (κ1) is 16.5. The molecule has 3 rings (SSSR count). The molecule has 0 aliphatic heterocycles. The molecule has 1 heterocycles. The first-order valence-electron chi connectivity index (χ1n) is 7.97. The van der Waals surface area contributed by atoms with Gasteiger partial charge in [0.05, 0.1) is 17.8 Å². The average Bonchev–Trinajstić information content (AvgIpc) is 3.03. The quantitative estimate of drug-likeness (QED) is 0.885. The Hall–Kier alpha value is -2.31. The van der Waals surface area contributed by atoms with Gasteiger partial charge in [0.2, 0.25) is 0 Å². The molecule has 2 aromatic rings. The summed E-state index contributed by atoms with van der Waals surface area (Å²) in [6.45, 7) is 0. The van der Waals surface area contributed by atoms with Crippen molar-refractivity contribution < 1.29 is 18.0 Å². The highest BCUT2D eigenvalue weighted by Gasteiger charge is 2.30. The molecule has 0 atom stereocenters. The number of nitrogens with one attached hydrogen (secondary N) is 1. The Morgan fingerprint density at radius 2 is 1.75 bits per heavy atom. The zero-order valence-electron chi connectivity index (χ0n) is 13.0. The summed E-state index contributed by atoms with van der Waals surface area (Å²) in [7, 11) is 0. The number of hydrogen-bond acceptors (Lipinski definition) is 2. The van der Waals surface area contributed by atoms with Crippen molar-refractivity contribution in [2.45, 2.75) is 44.3 Å². The summed E-state index contributed by atoms with van der Waals surface area (Å²) in [5, 5.41) is 7.03. The molecule has 1 fully saturated rings. The second-order valence-corrected chi connectivity index (χ2v) is 5.98. The molecule has 0 spiro atoms. The average molecular weight is 337 g/mol. The lowest BCUT2D eigenvalue weighted by Crippen LogP contribution is -2.20. The number of benzene rings is 1. The second-order valence-electron chi connectivity index (χ2n) is 5.98. The Bertz CT molecular complexity index is 701. The van der Waals surface area contributed by atoms with Crippen LogP contribution >= 0.6 is 0 Å². The Morgan fingerprint density at radius 3 is 2.38 bits per heavy atom. The largest absolute Gasteiger partial charge is 0.416 e. The van der Waals surface area contributed by atoms with Crippen LogP contribution in [0.1, 0.15) is 54.1 Å². The Morgan fingerprint density at radius 1 is 1.08 bits per heavy atom. The van der Waals surface area contributed by atoms with Gasteiger partial charge in [0, 0.05) is 11.6 Å². The lowest BCUT2D eigenvalue weighted by Gasteiger charge is -2.23. The lowest BCUT2D eigenvalue weighted by atomic mass is 9.96. The third-order valence-corrected chi connectivity index (χ3v) is 4.31. The second kappa shape index (κ2) is 6.67. The maximum atomic E-state index is 12.6. The zero-order chi connectivity index (χ0) is 17.2. The lowest BCUT2D eigenvalue weighted by molar-refractivity contribution is -0.137. The fourth-order valence-electron chi connectivity index (χ4n) is 3.03. The summed E-state index contributed by atoms with van der Waals surface area (Å²) in [5.74, 6) is 0.132. The van der Waals surface area contributed by atoms with Gasteiger partial charge >= 0.3 is 6.18 Å². The van der Waals surface area contributed by atoms with E-state index in [4.69, 9.17) is 0 Å². The van der Waals surface area contributed by atoms with Crippen LogP contribution in [-0.4, -0.2) is 15.7 Å². The minimum atomic E-state index is -4.41. The van der Waals surface area contributed by atoms with Crippen LogP contribution in [0.25, 0.3) is 0 Å². The van der Waals surface area contributed by atoms with Crippen LogP contribution in [0.5, 0.6) is 0 Å². The van der Waals surface area contributed by atoms with Crippen molar-refractivity contribution in [3.05, 3.63) is 47.7 Å². The molecule has 1 saturated carbocycles. The van der Waals surface area contributed by atoms with Crippen molar-refractivity contribution in [2.75, 3.05) is 5.32 Å². The van der Waals surface area contributed by atoms with E-state index < -0.39 is 17.6 Å². The van der Waals surface area contributed by atoms with Crippen LogP contribution in [0.4, 0.5) is 19.0 Å². The molecule has 4 nitrogen and oxygen atoms in total. The molecule has 1 aliphatic carbocycles. The first-order valence-corrected chi connectivity index (χ1v) is 7.97. The molecule has 24 heavy (non-hydrogen) atoms. The third kappa shape index (κ3) is 3.60. The van der Waals surface area contributed by atoms with E-state index in [1.165, 1.54) is 18.6 Å². The predicted octanol–water partition coefficient (Wildman–Crippen LogP) is 4.66. The zero-order valence-corrected chi connectivity index (χ0v) is 13.0. The number of rotatable bonds is 3. The maximum Gasteiger partial charge on any atom is 0.416 e. The fraction of sp³-hybridized carbons (Fsp3) is 0.412. The molecule has 7 heteroatoms. The van der Waals surface area contributed by atoms with Crippen LogP contribution in [0.3, 0.4) is 0 Å². The molecule has 1 aromatic carbocycles. The summed E-state index contributed by atoms with van der Waals surface area (Å²) in [6, 6.07) is 6.15. The SMILES string of the molecule is O=C(Nc1ccnn1C1CCCCC1)c1ccc(C(F)(F)F)cc1. The van der Waals surface area contributed by atoms with Crippen LogP contribution < -0.4 is 5.32 Å². The van der Waals surface area contributed by atoms with Crippen LogP contribution in [0.15, 0.2) is 36.5 Å². The van der Waals surface area contributed by atoms with Crippen molar-refractivity contribution in [2.24, 2.45) is 0 Å². The molecule has 1 aromatic heterocycles. The number of hydrogen-bond donors (Lipinski definition) is 1. The Balaban J connectivity index is 1.72. The molecule has 0 bridgehead atoms. The number of nitrogens with zero attached hydrogens (tertiary/aromatic N) is 2. The summed E-state index contributed by atoms with van der Waals surface area (Å²) in [5.41, 5.74) is -0.592. The van der Waals surface area contributed by atoms with Crippen molar-refractivity contribution >= 4 is 11.7 Å². The van der Waals surface area contributed by atoms with Crippen LogP contribution in [-0.2, 0) is 6.18 Å². The van der Waals surface area contributed by atoms with Gasteiger partial charge in [0.15, 0.2) is 0 Å². The number of anilines is 1. The highest BCUT2D eigenvalue weighted by atomic mass is 19.4. The highest BCUT2D eigenvalue weighted by molar-refractivity contribution is 6.03. The van der Waals surface area contributed by atoms with Gasteiger partial charge in [-0.3, -0.25) is 4.79 Å². The number of alkyl halides is 3. The number of aromatic nitrogens is 2. The summed E-state index contributed by atoms with van der Waals surface area (Å²) < 4.78 is 39.5. The van der Waals surface area contributed by atoms with Gasteiger partial charge in [-0.25, -0.2) is 4.68 Å².